The minimum atomic E-state index is -0.142. The number of ether oxygens (including phenoxy) is 4. The van der Waals surface area contributed by atoms with E-state index in [9.17, 15) is 4.79 Å². The average molecular weight is 404 g/mol. The standard InChI is InChI=1S/C25H24O5/c1-27-22-13-10-18(15-24(22)29-3)9-12-21(26)20-11-14-23(28-2)25(16-20)30-17-19-7-5-4-6-8-19/h4-16H,17H2,1-3H3/b12-9+. The summed E-state index contributed by atoms with van der Waals surface area (Å²) in [7, 11) is 4.73. The van der Waals surface area contributed by atoms with Crippen LogP contribution in [0.2, 0.25) is 0 Å². The van der Waals surface area contributed by atoms with Gasteiger partial charge in [0.15, 0.2) is 28.8 Å². The van der Waals surface area contributed by atoms with E-state index in [0.717, 1.165) is 11.1 Å². The zero-order valence-corrected chi connectivity index (χ0v) is 17.3. The third-order valence-corrected chi connectivity index (χ3v) is 4.52. The number of benzene rings is 3. The first-order chi connectivity index (χ1) is 14.6. The Morgan fingerprint density at radius 2 is 1.43 bits per heavy atom. The highest BCUT2D eigenvalue weighted by molar-refractivity contribution is 6.07. The van der Waals surface area contributed by atoms with Crippen LogP contribution in [0.4, 0.5) is 0 Å². The molecule has 0 fully saturated rings. The second-order valence-electron chi connectivity index (χ2n) is 6.45. The lowest BCUT2D eigenvalue weighted by molar-refractivity contribution is 0.104. The predicted molar refractivity (Wildman–Crippen MR) is 117 cm³/mol. The fourth-order valence-electron chi connectivity index (χ4n) is 2.90. The molecule has 0 aliphatic heterocycles. The molecule has 3 aromatic carbocycles. The van der Waals surface area contributed by atoms with E-state index in [2.05, 4.69) is 0 Å². The molecule has 0 saturated carbocycles. The van der Waals surface area contributed by atoms with Crippen LogP contribution >= 0.6 is 0 Å². The van der Waals surface area contributed by atoms with E-state index >= 15 is 0 Å². The fourth-order valence-corrected chi connectivity index (χ4v) is 2.90. The van der Waals surface area contributed by atoms with Gasteiger partial charge in [-0.3, -0.25) is 4.79 Å². The van der Waals surface area contributed by atoms with Crippen LogP contribution in [0, 0.1) is 0 Å². The normalized spacial score (nSPS) is 10.6. The zero-order valence-electron chi connectivity index (χ0n) is 17.3. The molecule has 0 atom stereocenters. The maximum atomic E-state index is 12.7. The topological polar surface area (TPSA) is 54.0 Å². The maximum absolute atomic E-state index is 12.7. The van der Waals surface area contributed by atoms with Gasteiger partial charge < -0.3 is 18.9 Å². The fraction of sp³-hybridized carbons (Fsp3) is 0.160. The van der Waals surface area contributed by atoms with Crippen molar-refractivity contribution in [2.45, 2.75) is 6.61 Å². The summed E-state index contributed by atoms with van der Waals surface area (Å²) >= 11 is 0. The first-order valence-corrected chi connectivity index (χ1v) is 9.44. The molecule has 0 aromatic heterocycles. The van der Waals surface area contributed by atoms with Crippen LogP contribution in [-0.2, 0) is 6.61 Å². The molecular weight excluding hydrogens is 380 g/mol. The molecule has 3 rings (SSSR count). The van der Waals surface area contributed by atoms with Crippen LogP contribution in [0.5, 0.6) is 23.0 Å². The van der Waals surface area contributed by atoms with Gasteiger partial charge in [-0.25, -0.2) is 0 Å². The summed E-state index contributed by atoms with van der Waals surface area (Å²) in [5, 5.41) is 0. The lowest BCUT2D eigenvalue weighted by Crippen LogP contribution is -2.00. The molecule has 0 heterocycles. The van der Waals surface area contributed by atoms with E-state index in [-0.39, 0.29) is 5.78 Å². The molecular formula is C25H24O5. The van der Waals surface area contributed by atoms with Crippen molar-refractivity contribution < 1.29 is 23.7 Å². The SMILES string of the molecule is COc1ccc(/C=C/C(=O)c2ccc(OC)c(OCc3ccccc3)c2)cc1OC. The van der Waals surface area contributed by atoms with Gasteiger partial charge in [0.05, 0.1) is 21.3 Å². The smallest absolute Gasteiger partial charge is 0.185 e. The molecule has 5 heteroatoms. The third-order valence-electron chi connectivity index (χ3n) is 4.52. The van der Waals surface area contributed by atoms with E-state index in [0.29, 0.717) is 35.2 Å². The molecule has 30 heavy (non-hydrogen) atoms. The van der Waals surface area contributed by atoms with Gasteiger partial charge in [-0.05, 0) is 47.5 Å². The van der Waals surface area contributed by atoms with Gasteiger partial charge in [-0.2, -0.15) is 0 Å². The molecule has 0 unspecified atom stereocenters. The number of ketones is 1. The summed E-state index contributed by atoms with van der Waals surface area (Å²) in [6.45, 7) is 0.385. The Labute approximate surface area is 176 Å². The predicted octanol–water partition coefficient (Wildman–Crippen LogP) is 5.19. The van der Waals surface area contributed by atoms with Crippen molar-refractivity contribution in [2.24, 2.45) is 0 Å². The van der Waals surface area contributed by atoms with Crippen LogP contribution in [0.25, 0.3) is 6.08 Å². The van der Waals surface area contributed by atoms with E-state index < -0.39 is 0 Å². The van der Waals surface area contributed by atoms with Crippen molar-refractivity contribution in [1.82, 2.24) is 0 Å². The van der Waals surface area contributed by atoms with Crippen LogP contribution in [0.1, 0.15) is 21.5 Å². The Morgan fingerprint density at radius 1 is 0.767 bits per heavy atom. The van der Waals surface area contributed by atoms with Crippen LogP contribution in [0.3, 0.4) is 0 Å². The molecule has 0 radical (unpaired) electrons. The Balaban J connectivity index is 1.76. The molecule has 0 spiro atoms. The minimum Gasteiger partial charge on any atom is -0.493 e. The first-order valence-electron chi connectivity index (χ1n) is 9.44. The van der Waals surface area contributed by atoms with E-state index in [1.165, 1.54) is 6.08 Å². The van der Waals surface area contributed by atoms with Crippen LogP contribution < -0.4 is 18.9 Å². The lowest BCUT2D eigenvalue weighted by atomic mass is 10.1. The van der Waals surface area contributed by atoms with Crippen molar-refractivity contribution >= 4 is 11.9 Å². The van der Waals surface area contributed by atoms with Crippen molar-refractivity contribution in [2.75, 3.05) is 21.3 Å². The summed E-state index contributed by atoms with van der Waals surface area (Å²) in [5.41, 5.74) is 2.37. The number of allylic oxidation sites excluding steroid dienone is 1. The second kappa shape index (κ2) is 10.2. The van der Waals surface area contributed by atoms with E-state index in [4.69, 9.17) is 18.9 Å². The molecule has 5 nitrogen and oxygen atoms in total. The van der Waals surface area contributed by atoms with Crippen molar-refractivity contribution in [1.29, 1.82) is 0 Å². The van der Waals surface area contributed by atoms with Gasteiger partial charge in [-0.15, -0.1) is 0 Å². The first kappa shape index (κ1) is 21.0. The lowest BCUT2D eigenvalue weighted by Gasteiger charge is -2.12. The zero-order chi connectivity index (χ0) is 21.3. The molecule has 0 bridgehead atoms. The number of carbonyl (C=O) groups is 1. The van der Waals surface area contributed by atoms with Gasteiger partial charge in [0.2, 0.25) is 0 Å². The molecule has 0 aliphatic rings. The summed E-state index contributed by atoms with van der Waals surface area (Å²) in [5.74, 6) is 2.19. The number of rotatable bonds is 9. The molecule has 0 aliphatic carbocycles. The van der Waals surface area contributed by atoms with Gasteiger partial charge in [0, 0.05) is 5.56 Å². The Hall–Kier alpha value is -3.73. The largest absolute Gasteiger partial charge is 0.493 e. The third kappa shape index (κ3) is 5.20. The molecule has 3 aromatic rings. The summed E-state index contributed by atoms with van der Waals surface area (Å²) in [6, 6.07) is 20.4. The highest BCUT2D eigenvalue weighted by atomic mass is 16.5. The highest BCUT2D eigenvalue weighted by Gasteiger charge is 2.10. The molecule has 154 valence electrons. The van der Waals surface area contributed by atoms with Crippen molar-refractivity contribution in [3.05, 3.63) is 89.5 Å². The Bertz CT molecular complexity index is 1020. The van der Waals surface area contributed by atoms with Gasteiger partial charge in [-0.1, -0.05) is 42.5 Å². The number of hydrogen-bond acceptors (Lipinski definition) is 5. The number of carbonyl (C=O) groups excluding carboxylic acids is 1. The van der Waals surface area contributed by atoms with Crippen LogP contribution in [0.15, 0.2) is 72.8 Å². The number of methoxy groups -OCH3 is 3. The van der Waals surface area contributed by atoms with Crippen molar-refractivity contribution in [3.8, 4) is 23.0 Å². The van der Waals surface area contributed by atoms with Gasteiger partial charge in [0.25, 0.3) is 0 Å². The summed E-state index contributed by atoms with van der Waals surface area (Å²) in [6.07, 6.45) is 3.25. The monoisotopic (exact) mass is 404 g/mol. The molecule has 0 saturated heterocycles. The Morgan fingerprint density at radius 3 is 2.13 bits per heavy atom. The molecule has 0 amide bonds. The van der Waals surface area contributed by atoms with Gasteiger partial charge in [0.1, 0.15) is 6.61 Å². The average Bonchev–Trinajstić information content (AvgIpc) is 2.81. The summed E-state index contributed by atoms with van der Waals surface area (Å²) < 4.78 is 21.8. The van der Waals surface area contributed by atoms with E-state index in [1.54, 1.807) is 51.7 Å². The number of hydrogen-bond donors (Lipinski definition) is 0. The van der Waals surface area contributed by atoms with E-state index in [1.807, 2.05) is 42.5 Å². The second-order valence-corrected chi connectivity index (χ2v) is 6.45. The summed E-state index contributed by atoms with van der Waals surface area (Å²) in [4.78, 5) is 12.7. The minimum absolute atomic E-state index is 0.142. The quantitative estimate of drug-likeness (QED) is 0.363. The van der Waals surface area contributed by atoms with Crippen LogP contribution in [-0.4, -0.2) is 27.1 Å². The van der Waals surface area contributed by atoms with Crippen molar-refractivity contribution in [3.63, 3.8) is 0 Å². The highest BCUT2D eigenvalue weighted by Crippen LogP contribution is 2.30. The molecule has 0 N–H and O–H groups in total. The van der Waals surface area contributed by atoms with Gasteiger partial charge >= 0.3 is 0 Å². The maximum Gasteiger partial charge on any atom is 0.185 e. The Kier molecular flexibility index (Phi) is 7.11.